The van der Waals surface area contributed by atoms with Crippen molar-refractivity contribution in [2.75, 3.05) is 13.1 Å². The predicted octanol–water partition coefficient (Wildman–Crippen LogP) is 6.34. The number of fused-ring (bicyclic) bond motifs is 4. The molecule has 4 aliphatic rings. The van der Waals surface area contributed by atoms with Gasteiger partial charge >= 0.3 is 5.97 Å². The summed E-state index contributed by atoms with van der Waals surface area (Å²) in [5.41, 5.74) is 3.00. The number of aromatic nitrogens is 1. The number of carboxylic acid groups (broad SMARTS) is 1. The molecule has 1 aliphatic heterocycles. The summed E-state index contributed by atoms with van der Waals surface area (Å²) in [6, 6.07) is 16.0. The van der Waals surface area contributed by atoms with Gasteiger partial charge in [-0.25, -0.2) is 4.98 Å². The zero-order valence-corrected chi connectivity index (χ0v) is 23.4. The van der Waals surface area contributed by atoms with Crippen LogP contribution in [0.25, 0.3) is 22.2 Å². The fourth-order valence-electron chi connectivity index (χ4n) is 7.28. The molecule has 1 amide bonds. The minimum absolute atomic E-state index is 0.0408. The van der Waals surface area contributed by atoms with Crippen molar-refractivity contribution in [3.05, 3.63) is 64.1 Å². The van der Waals surface area contributed by atoms with Gasteiger partial charge in [-0.2, -0.15) is 0 Å². The predicted molar refractivity (Wildman–Crippen MR) is 152 cm³/mol. The van der Waals surface area contributed by atoms with Crippen molar-refractivity contribution in [2.45, 2.75) is 69.9 Å². The highest BCUT2D eigenvalue weighted by molar-refractivity contribution is 9.10. The second-order valence-electron chi connectivity index (χ2n) is 11.5. The van der Waals surface area contributed by atoms with Crippen molar-refractivity contribution < 1.29 is 14.7 Å². The van der Waals surface area contributed by atoms with Gasteiger partial charge in [0.2, 0.25) is 0 Å². The first kappa shape index (κ1) is 25.5. The number of aliphatic carboxylic acids is 1. The zero-order chi connectivity index (χ0) is 26.5. The van der Waals surface area contributed by atoms with E-state index in [4.69, 9.17) is 4.98 Å². The normalized spacial score (nSPS) is 27.4. The molecule has 1 atom stereocenters. The first-order chi connectivity index (χ1) is 18.3. The molecule has 2 aromatic carbocycles. The van der Waals surface area contributed by atoms with Crippen LogP contribution in [0, 0.1) is 12.3 Å². The Kier molecular flexibility index (Phi) is 6.55. The number of pyridine rings is 1. The standard InChI is InChI=1S/C31H34BrN3O3/c1-20-26(23-18-22(32)10-11-24(23)33-27(20)21-8-4-2-5-9-21)28(36)34-31-14-12-30(13-15-31,29(37)38)19-25(31)35-16-6-3-7-17-35/h2,4-5,8-11,18,25H,3,6-7,12-17,19H2,1H3,(H,34,36)(H,37,38)/t25-,30?,31?/m0/s1. The first-order valence-corrected chi connectivity index (χ1v) is 14.6. The first-order valence-electron chi connectivity index (χ1n) is 13.8. The van der Waals surface area contributed by atoms with E-state index < -0.39 is 16.9 Å². The number of carbonyl (C=O) groups is 2. The SMILES string of the molecule is Cc1c(-c2ccccc2)nc2ccc(Br)cc2c1C(=O)NC12CCC(C(=O)O)(CC1)C[C@@H]2N1CCCCC1. The number of amides is 1. The highest BCUT2D eigenvalue weighted by atomic mass is 79.9. The molecule has 2 heterocycles. The molecule has 198 valence electrons. The molecular weight excluding hydrogens is 542 g/mol. The molecule has 3 saturated carbocycles. The van der Waals surface area contributed by atoms with E-state index in [1.165, 1.54) is 6.42 Å². The van der Waals surface area contributed by atoms with E-state index >= 15 is 0 Å². The van der Waals surface area contributed by atoms with Crippen LogP contribution in [0.5, 0.6) is 0 Å². The molecule has 4 fully saturated rings. The smallest absolute Gasteiger partial charge is 0.309 e. The van der Waals surface area contributed by atoms with Gasteiger partial charge in [0.05, 0.1) is 27.7 Å². The molecule has 0 spiro atoms. The minimum atomic E-state index is -0.674. The quantitative estimate of drug-likeness (QED) is 0.370. The number of nitrogens with one attached hydrogen (secondary N) is 1. The number of likely N-dealkylation sites (tertiary alicyclic amines) is 1. The maximum atomic E-state index is 14.4. The second-order valence-corrected chi connectivity index (χ2v) is 12.4. The van der Waals surface area contributed by atoms with Crippen LogP contribution in [0.2, 0.25) is 0 Å². The Bertz CT molecular complexity index is 1390. The third-order valence-corrected chi connectivity index (χ3v) is 9.93. The summed E-state index contributed by atoms with van der Waals surface area (Å²) in [7, 11) is 0. The van der Waals surface area contributed by atoms with Crippen LogP contribution in [0.15, 0.2) is 53.0 Å². The van der Waals surface area contributed by atoms with Crippen molar-refractivity contribution in [2.24, 2.45) is 5.41 Å². The number of nitrogens with zero attached hydrogens (tertiary/aromatic N) is 2. The third-order valence-electron chi connectivity index (χ3n) is 9.43. The molecule has 1 saturated heterocycles. The Morgan fingerprint density at radius 2 is 1.74 bits per heavy atom. The van der Waals surface area contributed by atoms with Crippen LogP contribution in [-0.2, 0) is 4.79 Å². The summed E-state index contributed by atoms with van der Waals surface area (Å²) in [5.74, 6) is -0.760. The molecule has 3 aromatic rings. The number of rotatable bonds is 5. The number of hydrogen-bond donors (Lipinski definition) is 2. The molecular formula is C31H34BrN3O3. The molecule has 7 heteroatoms. The van der Waals surface area contributed by atoms with E-state index in [9.17, 15) is 14.7 Å². The van der Waals surface area contributed by atoms with E-state index in [0.29, 0.717) is 37.7 Å². The van der Waals surface area contributed by atoms with Crippen molar-refractivity contribution in [1.82, 2.24) is 15.2 Å². The minimum Gasteiger partial charge on any atom is -0.481 e. The molecule has 3 aliphatic carbocycles. The average Bonchev–Trinajstić information content (AvgIpc) is 2.94. The van der Waals surface area contributed by atoms with E-state index in [-0.39, 0.29) is 11.9 Å². The monoisotopic (exact) mass is 575 g/mol. The Labute approximate surface area is 232 Å². The lowest BCUT2D eigenvalue weighted by molar-refractivity contribution is -0.161. The molecule has 0 unspecified atom stereocenters. The van der Waals surface area contributed by atoms with Gasteiger partial charge in [-0.3, -0.25) is 14.5 Å². The topological polar surface area (TPSA) is 82.5 Å². The summed E-state index contributed by atoms with van der Waals surface area (Å²) < 4.78 is 0.902. The van der Waals surface area contributed by atoms with Crippen molar-refractivity contribution in [1.29, 1.82) is 0 Å². The highest BCUT2D eigenvalue weighted by Crippen LogP contribution is 2.54. The molecule has 6 nitrogen and oxygen atoms in total. The van der Waals surface area contributed by atoms with E-state index in [1.54, 1.807) is 0 Å². The summed E-state index contributed by atoms with van der Waals surface area (Å²) in [6.45, 7) is 3.93. The lowest BCUT2D eigenvalue weighted by Crippen LogP contribution is -2.70. The third kappa shape index (κ3) is 4.24. The van der Waals surface area contributed by atoms with Gasteiger partial charge in [-0.05, 0) is 88.7 Å². The van der Waals surface area contributed by atoms with E-state index in [1.807, 2.05) is 55.5 Å². The zero-order valence-electron chi connectivity index (χ0n) is 21.8. The van der Waals surface area contributed by atoms with Crippen LogP contribution < -0.4 is 5.32 Å². The van der Waals surface area contributed by atoms with Gasteiger partial charge in [0, 0.05) is 21.5 Å². The maximum absolute atomic E-state index is 14.4. The van der Waals surface area contributed by atoms with Crippen molar-refractivity contribution >= 4 is 38.7 Å². The van der Waals surface area contributed by atoms with Crippen LogP contribution in [0.1, 0.15) is 67.3 Å². The molecule has 2 bridgehead atoms. The van der Waals surface area contributed by atoms with Gasteiger partial charge in [0.15, 0.2) is 0 Å². The summed E-state index contributed by atoms with van der Waals surface area (Å²) in [5, 5.41) is 14.6. The van der Waals surface area contributed by atoms with E-state index in [2.05, 4.69) is 26.1 Å². The lowest BCUT2D eigenvalue weighted by atomic mass is 9.54. The number of halogens is 1. The van der Waals surface area contributed by atoms with Crippen LogP contribution in [-0.4, -0.2) is 51.5 Å². The van der Waals surface area contributed by atoms with Gasteiger partial charge in [-0.1, -0.05) is 52.7 Å². The lowest BCUT2D eigenvalue weighted by Gasteiger charge is -2.59. The van der Waals surface area contributed by atoms with Crippen molar-refractivity contribution in [3.8, 4) is 11.3 Å². The Morgan fingerprint density at radius 3 is 2.42 bits per heavy atom. The fraction of sp³-hybridized carbons (Fsp3) is 0.452. The molecule has 38 heavy (non-hydrogen) atoms. The molecule has 0 radical (unpaired) electrons. The second kappa shape index (κ2) is 9.76. The van der Waals surface area contributed by atoms with Crippen LogP contribution in [0.4, 0.5) is 0 Å². The van der Waals surface area contributed by atoms with E-state index in [0.717, 1.165) is 58.1 Å². The molecule has 2 N–H and O–H groups in total. The highest BCUT2D eigenvalue weighted by Gasteiger charge is 2.59. The fourth-order valence-corrected chi connectivity index (χ4v) is 7.65. The largest absolute Gasteiger partial charge is 0.481 e. The number of piperidine rings is 1. The van der Waals surface area contributed by atoms with Crippen LogP contribution in [0.3, 0.4) is 0 Å². The number of hydrogen-bond acceptors (Lipinski definition) is 4. The number of carboxylic acids is 1. The van der Waals surface area contributed by atoms with Crippen LogP contribution >= 0.6 is 15.9 Å². The summed E-state index contributed by atoms with van der Waals surface area (Å²) in [4.78, 5) is 34.2. The summed E-state index contributed by atoms with van der Waals surface area (Å²) >= 11 is 3.59. The van der Waals surface area contributed by atoms with Crippen molar-refractivity contribution in [3.63, 3.8) is 0 Å². The maximum Gasteiger partial charge on any atom is 0.309 e. The Balaban J connectivity index is 1.43. The van der Waals surface area contributed by atoms with Gasteiger partial charge in [0.25, 0.3) is 5.91 Å². The molecule has 1 aromatic heterocycles. The van der Waals surface area contributed by atoms with Gasteiger partial charge < -0.3 is 10.4 Å². The molecule has 7 rings (SSSR count). The van der Waals surface area contributed by atoms with Gasteiger partial charge in [-0.15, -0.1) is 0 Å². The number of carbonyl (C=O) groups excluding carboxylic acids is 1. The Hall–Kier alpha value is -2.77. The Morgan fingerprint density at radius 1 is 1.03 bits per heavy atom. The van der Waals surface area contributed by atoms with Gasteiger partial charge in [0.1, 0.15) is 0 Å². The summed E-state index contributed by atoms with van der Waals surface area (Å²) in [6.07, 6.45) is 6.71. The number of benzene rings is 2. The average molecular weight is 577 g/mol.